The summed E-state index contributed by atoms with van der Waals surface area (Å²) in [5.41, 5.74) is 3.39. The van der Waals surface area contributed by atoms with E-state index >= 15 is 0 Å². The van der Waals surface area contributed by atoms with Gasteiger partial charge >= 0.3 is 5.97 Å². The third-order valence-electron chi connectivity index (χ3n) is 4.38. The molecule has 0 saturated carbocycles. The number of amides is 1. The molecule has 0 spiro atoms. The van der Waals surface area contributed by atoms with E-state index in [1.807, 2.05) is 55.5 Å². The summed E-state index contributed by atoms with van der Waals surface area (Å²) >= 11 is 0. The first-order chi connectivity index (χ1) is 12.5. The Labute approximate surface area is 155 Å². The van der Waals surface area contributed by atoms with Crippen LogP contribution in [0.4, 0.5) is 0 Å². The SMILES string of the molecule is COC(=O)C(C)CN(Cc1ccccc1)C(=O)CCc1cccc(C)c1. The van der Waals surface area contributed by atoms with Gasteiger partial charge in [0, 0.05) is 19.5 Å². The molecule has 0 N–H and O–H groups in total. The van der Waals surface area contributed by atoms with Crippen LogP contribution >= 0.6 is 0 Å². The van der Waals surface area contributed by atoms with Crippen LogP contribution in [0.25, 0.3) is 0 Å². The number of hydrogen-bond donors (Lipinski definition) is 0. The van der Waals surface area contributed by atoms with Gasteiger partial charge < -0.3 is 9.64 Å². The lowest BCUT2D eigenvalue weighted by molar-refractivity contribution is -0.146. The quantitative estimate of drug-likeness (QED) is 0.679. The van der Waals surface area contributed by atoms with E-state index in [-0.39, 0.29) is 17.8 Å². The van der Waals surface area contributed by atoms with Gasteiger partial charge in [-0.1, -0.05) is 67.1 Å². The molecule has 1 atom stereocenters. The summed E-state index contributed by atoms with van der Waals surface area (Å²) in [5.74, 6) is -0.604. The summed E-state index contributed by atoms with van der Waals surface area (Å²) in [5, 5.41) is 0. The Balaban J connectivity index is 2.05. The number of nitrogens with zero attached hydrogens (tertiary/aromatic N) is 1. The van der Waals surface area contributed by atoms with E-state index in [0.29, 0.717) is 25.9 Å². The van der Waals surface area contributed by atoms with Crippen molar-refractivity contribution < 1.29 is 14.3 Å². The van der Waals surface area contributed by atoms with Crippen molar-refractivity contribution in [3.05, 3.63) is 71.3 Å². The maximum absolute atomic E-state index is 12.8. The number of benzene rings is 2. The van der Waals surface area contributed by atoms with Gasteiger partial charge in [-0.25, -0.2) is 0 Å². The maximum Gasteiger partial charge on any atom is 0.310 e. The van der Waals surface area contributed by atoms with Crippen LogP contribution in [-0.4, -0.2) is 30.4 Å². The van der Waals surface area contributed by atoms with E-state index in [1.165, 1.54) is 12.7 Å². The minimum atomic E-state index is -0.355. The Morgan fingerprint density at radius 1 is 1.04 bits per heavy atom. The molecule has 0 heterocycles. The minimum absolute atomic E-state index is 0.0473. The molecule has 1 unspecified atom stereocenters. The molecule has 0 aromatic heterocycles. The van der Waals surface area contributed by atoms with Crippen molar-refractivity contribution in [3.63, 3.8) is 0 Å². The van der Waals surface area contributed by atoms with Gasteiger partial charge in [0.25, 0.3) is 0 Å². The Morgan fingerprint density at radius 3 is 2.38 bits per heavy atom. The second-order valence-corrected chi connectivity index (χ2v) is 6.67. The first kappa shape index (κ1) is 19.7. The first-order valence-electron chi connectivity index (χ1n) is 8.94. The molecule has 0 saturated heterocycles. The molecule has 0 aliphatic rings. The fourth-order valence-electron chi connectivity index (χ4n) is 2.94. The van der Waals surface area contributed by atoms with Crippen molar-refractivity contribution >= 4 is 11.9 Å². The van der Waals surface area contributed by atoms with Gasteiger partial charge in [-0.2, -0.15) is 0 Å². The third kappa shape index (κ3) is 6.03. The Hall–Kier alpha value is -2.62. The van der Waals surface area contributed by atoms with Crippen molar-refractivity contribution in [2.24, 2.45) is 5.92 Å². The van der Waals surface area contributed by atoms with E-state index in [9.17, 15) is 9.59 Å². The lowest BCUT2D eigenvalue weighted by Gasteiger charge is -2.25. The maximum atomic E-state index is 12.8. The first-order valence-corrected chi connectivity index (χ1v) is 8.94. The molecule has 1 amide bonds. The molecule has 4 heteroatoms. The van der Waals surface area contributed by atoms with Crippen LogP contribution in [0, 0.1) is 12.8 Å². The number of aryl methyl sites for hydroxylation is 2. The zero-order valence-electron chi connectivity index (χ0n) is 15.8. The van der Waals surface area contributed by atoms with Crippen LogP contribution < -0.4 is 0 Å². The van der Waals surface area contributed by atoms with Gasteiger partial charge in [-0.15, -0.1) is 0 Å². The standard InChI is InChI=1S/C22H27NO3/c1-17-8-7-11-19(14-17)12-13-21(24)23(15-18(2)22(25)26-3)16-20-9-5-4-6-10-20/h4-11,14,18H,12-13,15-16H2,1-3H3. The normalized spacial score (nSPS) is 11.7. The molecule has 0 bridgehead atoms. The number of hydrogen-bond acceptors (Lipinski definition) is 3. The summed E-state index contributed by atoms with van der Waals surface area (Å²) in [6.07, 6.45) is 1.11. The monoisotopic (exact) mass is 353 g/mol. The second-order valence-electron chi connectivity index (χ2n) is 6.67. The molecule has 0 radical (unpaired) electrons. The molecule has 4 nitrogen and oxygen atoms in total. The van der Waals surface area contributed by atoms with Crippen molar-refractivity contribution in [2.75, 3.05) is 13.7 Å². The molecule has 138 valence electrons. The summed E-state index contributed by atoms with van der Waals surface area (Å²) in [6.45, 7) is 4.69. The number of rotatable bonds is 8. The van der Waals surface area contributed by atoms with Gasteiger partial charge in [0.15, 0.2) is 0 Å². The Morgan fingerprint density at radius 2 is 1.73 bits per heavy atom. The second kappa shape index (κ2) is 9.76. The molecule has 2 aromatic carbocycles. The molecular formula is C22H27NO3. The smallest absolute Gasteiger partial charge is 0.310 e. The average Bonchev–Trinajstić information content (AvgIpc) is 2.65. The summed E-state index contributed by atoms with van der Waals surface area (Å²) in [6, 6.07) is 18.0. The zero-order chi connectivity index (χ0) is 18.9. The number of carbonyl (C=O) groups is 2. The number of carbonyl (C=O) groups excluding carboxylic acids is 2. The van der Waals surface area contributed by atoms with Crippen molar-refractivity contribution in [1.82, 2.24) is 4.90 Å². The van der Waals surface area contributed by atoms with Crippen LogP contribution in [0.2, 0.25) is 0 Å². The van der Waals surface area contributed by atoms with E-state index in [0.717, 1.165) is 11.1 Å². The summed E-state index contributed by atoms with van der Waals surface area (Å²) < 4.78 is 4.81. The number of ether oxygens (including phenoxy) is 1. The molecule has 2 aromatic rings. The Bertz CT molecular complexity index is 727. The highest BCUT2D eigenvalue weighted by Crippen LogP contribution is 2.13. The lowest BCUT2D eigenvalue weighted by atomic mass is 10.1. The van der Waals surface area contributed by atoms with Gasteiger partial charge in [0.1, 0.15) is 0 Å². The topological polar surface area (TPSA) is 46.6 Å². The van der Waals surface area contributed by atoms with Crippen molar-refractivity contribution in [2.45, 2.75) is 33.2 Å². The molecular weight excluding hydrogens is 326 g/mol. The van der Waals surface area contributed by atoms with E-state index < -0.39 is 0 Å². The van der Waals surface area contributed by atoms with Crippen LogP contribution in [0.1, 0.15) is 30.0 Å². The number of methoxy groups -OCH3 is 1. The van der Waals surface area contributed by atoms with Gasteiger partial charge in [-0.3, -0.25) is 9.59 Å². The number of esters is 1. The summed E-state index contributed by atoms with van der Waals surface area (Å²) in [4.78, 5) is 26.4. The minimum Gasteiger partial charge on any atom is -0.469 e. The molecule has 2 rings (SSSR count). The average molecular weight is 353 g/mol. The van der Waals surface area contributed by atoms with Crippen LogP contribution in [0.15, 0.2) is 54.6 Å². The molecule has 26 heavy (non-hydrogen) atoms. The van der Waals surface area contributed by atoms with Crippen molar-refractivity contribution in [3.8, 4) is 0 Å². The predicted molar refractivity (Wildman–Crippen MR) is 103 cm³/mol. The highest BCUT2D eigenvalue weighted by molar-refractivity contribution is 5.78. The highest BCUT2D eigenvalue weighted by atomic mass is 16.5. The van der Waals surface area contributed by atoms with Crippen LogP contribution in [0.5, 0.6) is 0 Å². The fourth-order valence-corrected chi connectivity index (χ4v) is 2.94. The van der Waals surface area contributed by atoms with Crippen LogP contribution in [-0.2, 0) is 27.3 Å². The van der Waals surface area contributed by atoms with E-state index in [4.69, 9.17) is 4.74 Å². The van der Waals surface area contributed by atoms with Crippen LogP contribution in [0.3, 0.4) is 0 Å². The van der Waals surface area contributed by atoms with Gasteiger partial charge in [0.2, 0.25) is 5.91 Å². The zero-order valence-corrected chi connectivity index (χ0v) is 15.8. The highest BCUT2D eigenvalue weighted by Gasteiger charge is 2.21. The van der Waals surface area contributed by atoms with E-state index in [2.05, 4.69) is 6.07 Å². The Kier molecular flexibility index (Phi) is 7.39. The molecule has 0 aliphatic heterocycles. The third-order valence-corrected chi connectivity index (χ3v) is 4.38. The van der Waals surface area contributed by atoms with E-state index in [1.54, 1.807) is 11.8 Å². The molecule has 0 aliphatic carbocycles. The predicted octanol–water partition coefficient (Wildman–Crippen LogP) is 3.77. The fraction of sp³-hybridized carbons (Fsp3) is 0.364. The molecule has 0 fully saturated rings. The largest absolute Gasteiger partial charge is 0.469 e. The lowest BCUT2D eigenvalue weighted by Crippen LogP contribution is -2.37. The van der Waals surface area contributed by atoms with Crippen molar-refractivity contribution in [1.29, 1.82) is 0 Å². The van der Waals surface area contributed by atoms with Gasteiger partial charge in [0.05, 0.1) is 13.0 Å². The van der Waals surface area contributed by atoms with Gasteiger partial charge in [-0.05, 0) is 24.5 Å². The summed E-state index contributed by atoms with van der Waals surface area (Å²) in [7, 11) is 1.37.